The molecule has 1 N–H and O–H groups in total. The van der Waals surface area contributed by atoms with Crippen LogP contribution in [-0.4, -0.2) is 48.9 Å². The number of amides is 1. The van der Waals surface area contributed by atoms with Crippen LogP contribution in [0, 0.1) is 0 Å². The standard InChI is InChI=1S/C10H19FN2O2/c1-10(2,3)15-9(14)13(4)8-6-12-5-7(8)11/h7-8,12H,5-6H2,1-4H3. The van der Waals surface area contributed by atoms with E-state index in [0.29, 0.717) is 13.1 Å². The van der Waals surface area contributed by atoms with E-state index in [4.69, 9.17) is 4.74 Å². The van der Waals surface area contributed by atoms with Crippen LogP contribution in [0.4, 0.5) is 9.18 Å². The SMILES string of the molecule is CN(C(=O)OC(C)(C)C)C1CNCC1F. The normalized spacial score (nSPS) is 26.5. The van der Waals surface area contributed by atoms with Crippen molar-refractivity contribution in [3.63, 3.8) is 0 Å². The van der Waals surface area contributed by atoms with Crippen LogP contribution in [0.1, 0.15) is 20.8 Å². The van der Waals surface area contributed by atoms with Gasteiger partial charge in [0.1, 0.15) is 11.8 Å². The fraction of sp³-hybridized carbons (Fsp3) is 0.900. The molecule has 5 heteroatoms. The van der Waals surface area contributed by atoms with Gasteiger partial charge in [0.05, 0.1) is 6.04 Å². The summed E-state index contributed by atoms with van der Waals surface area (Å²) in [5, 5.41) is 2.90. The number of rotatable bonds is 1. The van der Waals surface area contributed by atoms with Crippen LogP contribution in [0.2, 0.25) is 0 Å². The molecule has 0 radical (unpaired) electrons. The molecule has 0 spiro atoms. The summed E-state index contributed by atoms with van der Waals surface area (Å²) in [4.78, 5) is 12.9. The fourth-order valence-corrected chi connectivity index (χ4v) is 1.48. The molecule has 1 fully saturated rings. The van der Waals surface area contributed by atoms with Crippen molar-refractivity contribution < 1.29 is 13.9 Å². The minimum absolute atomic E-state index is 0.303. The first kappa shape index (κ1) is 12.2. The Balaban J connectivity index is 2.52. The molecule has 0 aromatic rings. The highest BCUT2D eigenvalue weighted by molar-refractivity contribution is 5.68. The zero-order chi connectivity index (χ0) is 11.6. The number of nitrogens with one attached hydrogen (secondary N) is 1. The Bertz CT molecular complexity index is 240. The highest BCUT2D eigenvalue weighted by Gasteiger charge is 2.34. The van der Waals surface area contributed by atoms with Gasteiger partial charge in [0.15, 0.2) is 0 Å². The molecule has 1 aliphatic heterocycles. The Morgan fingerprint density at radius 2 is 2.07 bits per heavy atom. The van der Waals surface area contributed by atoms with E-state index in [1.165, 1.54) is 4.90 Å². The predicted molar refractivity (Wildman–Crippen MR) is 55.6 cm³/mol. The van der Waals surface area contributed by atoms with Crippen molar-refractivity contribution in [3.8, 4) is 0 Å². The van der Waals surface area contributed by atoms with Crippen molar-refractivity contribution in [2.75, 3.05) is 20.1 Å². The van der Waals surface area contributed by atoms with Gasteiger partial charge in [-0.2, -0.15) is 0 Å². The summed E-state index contributed by atoms with van der Waals surface area (Å²) in [6, 6.07) is -0.417. The monoisotopic (exact) mass is 218 g/mol. The molecule has 1 saturated heterocycles. The zero-order valence-electron chi connectivity index (χ0n) is 9.71. The lowest BCUT2D eigenvalue weighted by molar-refractivity contribution is 0.0182. The molecule has 0 aromatic heterocycles. The Hall–Kier alpha value is -0.840. The lowest BCUT2D eigenvalue weighted by Gasteiger charge is -2.28. The van der Waals surface area contributed by atoms with Crippen molar-refractivity contribution >= 4 is 6.09 Å². The summed E-state index contributed by atoms with van der Waals surface area (Å²) < 4.78 is 18.5. The van der Waals surface area contributed by atoms with Crippen molar-refractivity contribution in [2.24, 2.45) is 0 Å². The average Bonchev–Trinajstić information content (AvgIpc) is 2.47. The smallest absolute Gasteiger partial charge is 0.410 e. The first-order valence-corrected chi connectivity index (χ1v) is 5.12. The molecule has 0 bridgehead atoms. The molecule has 15 heavy (non-hydrogen) atoms. The number of halogens is 1. The number of hydrogen-bond donors (Lipinski definition) is 1. The van der Waals surface area contributed by atoms with E-state index in [0.717, 1.165) is 0 Å². The Labute approximate surface area is 89.8 Å². The van der Waals surface area contributed by atoms with E-state index < -0.39 is 23.9 Å². The Kier molecular flexibility index (Phi) is 3.54. The quantitative estimate of drug-likeness (QED) is 0.718. The number of likely N-dealkylation sites (N-methyl/N-ethyl adjacent to an activating group) is 1. The number of alkyl halides is 1. The zero-order valence-corrected chi connectivity index (χ0v) is 9.71. The van der Waals surface area contributed by atoms with Crippen molar-refractivity contribution in [3.05, 3.63) is 0 Å². The van der Waals surface area contributed by atoms with Gasteiger partial charge >= 0.3 is 6.09 Å². The molecule has 1 heterocycles. The average molecular weight is 218 g/mol. The van der Waals surface area contributed by atoms with Crippen molar-refractivity contribution in [1.29, 1.82) is 0 Å². The van der Waals surface area contributed by atoms with E-state index >= 15 is 0 Å². The van der Waals surface area contributed by atoms with Gasteiger partial charge in [-0.1, -0.05) is 0 Å². The highest BCUT2D eigenvalue weighted by atomic mass is 19.1. The fourth-order valence-electron chi connectivity index (χ4n) is 1.48. The van der Waals surface area contributed by atoms with Gasteiger partial charge in [-0.25, -0.2) is 9.18 Å². The maximum atomic E-state index is 13.3. The lowest BCUT2D eigenvalue weighted by atomic mass is 10.2. The molecule has 0 aromatic carbocycles. The van der Waals surface area contributed by atoms with Gasteiger partial charge in [0.2, 0.25) is 0 Å². The molecule has 1 amide bonds. The highest BCUT2D eigenvalue weighted by Crippen LogP contribution is 2.15. The van der Waals surface area contributed by atoms with Gasteiger partial charge in [-0.3, -0.25) is 0 Å². The molecule has 4 nitrogen and oxygen atoms in total. The maximum Gasteiger partial charge on any atom is 0.410 e. The van der Waals surface area contributed by atoms with E-state index in [1.807, 2.05) is 0 Å². The van der Waals surface area contributed by atoms with Crippen LogP contribution in [0.15, 0.2) is 0 Å². The van der Waals surface area contributed by atoms with Gasteiger partial charge in [0.25, 0.3) is 0 Å². The van der Waals surface area contributed by atoms with Crippen LogP contribution in [0.3, 0.4) is 0 Å². The number of carbonyl (C=O) groups is 1. The third-order valence-corrected chi connectivity index (χ3v) is 2.29. The van der Waals surface area contributed by atoms with Crippen LogP contribution in [0.25, 0.3) is 0 Å². The van der Waals surface area contributed by atoms with Gasteiger partial charge in [-0.15, -0.1) is 0 Å². The lowest BCUT2D eigenvalue weighted by Crippen LogP contribution is -2.45. The summed E-state index contributed by atoms with van der Waals surface area (Å²) in [5.41, 5.74) is -0.539. The van der Waals surface area contributed by atoms with E-state index in [-0.39, 0.29) is 0 Å². The van der Waals surface area contributed by atoms with Crippen molar-refractivity contribution in [1.82, 2.24) is 10.2 Å². The second-order valence-electron chi connectivity index (χ2n) is 4.83. The summed E-state index contributed by atoms with van der Waals surface area (Å²) in [6.45, 7) is 6.16. The molecular formula is C10H19FN2O2. The summed E-state index contributed by atoms with van der Waals surface area (Å²) in [6.07, 6.45) is -1.48. The van der Waals surface area contributed by atoms with Crippen LogP contribution in [0.5, 0.6) is 0 Å². The van der Waals surface area contributed by atoms with E-state index in [2.05, 4.69) is 5.32 Å². The molecule has 0 aliphatic carbocycles. The first-order valence-electron chi connectivity index (χ1n) is 5.12. The molecule has 2 atom stereocenters. The van der Waals surface area contributed by atoms with Crippen molar-refractivity contribution in [2.45, 2.75) is 38.6 Å². The van der Waals surface area contributed by atoms with Gasteiger partial charge in [-0.05, 0) is 20.8 Å². The summed E-state index contributed by atoms with van der Waals surface area (Å²) >= 11 is 0. The van der Waals surface area contributed by atoms with Crippen LogP contribution in [-0.2, 0) is 4.74 Å². The number of ether oxygens (including phenoxy) is 1. The Morgan fingerprint density at radius 3 is 2.47 bits per heavy atom. The van der Waals surface area contributed by atoms with Gasteiger partial charge < -0.3 is 15.0 Å². The Morgan fingerprint density at radius 1 is 1.47 bits per heavy atom. The topological polar surface area (TPSA) is 41.6 Å². The molecule has 88 valence electrons. The summed E-state index contributed by atoms with van der Waals surface area (Å²) in [5.74, 6) is 0. The minimum atomic E-state index is -1.01. The van der Waals surface area contributed by atoms with Crippen LogP contribution >= 0.6 is 0 Å². The van der Waals surface area contributed by atoms with Gasteiger partial charge in [0, 0.05) is 20.1 Å². The second kappa shape index (κ2) is 4.35. The molecule has 0 saturated carbocycles. The number of carbonyl (C=O) groups excluding carboxylic acids is 1. The van der Waals surface area contributed by atoms with E-state index in [1.54, 1.807) is 27.8 Å². The molecule has 1 aliphatic rings. The third-order valence-electron chi connectivity index (χ3n) is 2.29. The summed E-state index contributed by atoms with van der Waals surface area (Å²) in [7, 11) is 1.57. The molecule has 1 rings (SSSR count). The second-order valence-corrected chi connectivity index (χ2v) is 4.83. The van der Waals surface area contributed by atoms with E-state index in [9.17, 15) is 9.18 Å². The minimum Gasteiger partial charge on any atom is -0.444 e. The number of nitrogens with zero attached hydrogens (tertiary/aromatic N) is 1. The number of hydrogen-bond acceptors (Lipinski definition) is 3. The predicted octanol–water partition coefficient (Wildman–Crippen LogP) is 1.16. The maximum absolute atomic E-state index is 13.3. The third kappa shape index (κ3) is 3.34. The molecular weight excluding hydrogens is 199 g/mol. The largest absolute Gasteiger partial charge is 0.444 e. The molecule has 2 unspecified atom stereocenters. The first-order chi connectivity index (χ1) is 6.81. The van der Waals surface area contributed by atoms with Crippen LogP contribution < -0.4 is 5.32 Å².